The van der Waals surface area contributed by atoms with Crippen LogP contribution in [-0.4, -0.2) is 11.5 Å². The van der Waals surface area contributed by atoms with Crippen LogP contribution in [0.15, 0.2) is 53.4 Å². The second kappa shape index (κ2) is 6.70. The fourth-order valence-corrected chi connectivity index (χ4v) is 2.73. The summed E-state index contributed by atoms with van der Waals surface area (Å²) in [7, 11) is 0. The van der Waals surface area contributed by atoms with Gasteiger partial charge in [0, 0.05) is 17.5 Å². The molecule has 0 saturated heterocycles. The van der Waals surface area contributed by atoms with Crippen LogP contribution in [-0.2, 0) is 0 Å². The SMILES string of the molecule is O=[N+]([O-])c1cc(NSc2ccccc2)ccc1NCC1CC1. The molecular weight excluding hydrogens is 298 g/mol. The van der Waals surface area contributed by atoms with Crippen LogP contribution in [0.3, 0.4) is 0 Å². The Morgan fingerprint density at radius 3 is 2.64 bits per heavy atom. The van der Waals surface area contributed by atoms with Crippen molar-refractivity contribution in [3.05, 3.63) is 58.6 Å². The third kappa shape index (κ3) is 3.92. The molecule has 6 heteroatoms. The zero-order valence-electron chi connectivity index (χ0n) is 12.0. The Balaban J connectivity index is 1.69. The van der Waals surface area contributed by atoms with Gasteiger partial charge in [0.2, 0.25) is 0 Å². The first-order chi connectivity index (χ1) is 10.7. The summed E-state index contributed by atoms with van der Waals surface area (Å²) >= 11 is 1.44. The third-order valence-electron chi connectivity index (χ3n) is 3.50. The van der Waals surface area contributed by atoms with Gasteiger partial charge in [-0.1, -0.05) is 18.2 Å². The molecule has 0 bridgehead atoms. The number of nitrogens with zero attached hydrogens (tertiary/aromatic N) is 1. The lowest BCUT2D eigenvalue weighted by atomic mass is 10.2. The summed E-state index contributed by atoms with van der Waals surface area (Å²) in [5, 5.41) is 14.4. The highest BCUT2D eigenvalue weighted by molar-refractivity contribution is 8.00. The molecule has 0 radical (unpaired) electrons. The van der Waals surface area contributed by atoms with E-state index >= 15 is 0 Å². The van der Waals surface area contributed by atoms with Crippen LogP contribution in [0.1, 0.15) is 12.8 Å². The van der Waals surface area contributed by atoms with Crippen LogP contribution in [0.4, 0.5) is 17.1 Å². The van der Waals surface area contributed by atoms with Crippen molar-refractivity contribution in [1.82, 2.24) is 0 Å². The van der Waals surface area contributed by atoms with Crippen molar-refractivity contribution in [3.8, 4) is 0 Å². The molecule has 114 valence electrons. The van der Waals surface area contributed by atoms with E-state index in [1.807, 2.05) is 36.4 Å². The average molecular weight is 315 g/mol. The summed E-state index contributed by atoms with van der Waals surface area (Å²) < 4.78 is 3.15. The van der Waals surface area contributed by atoms with Crippen molar-refractivity contribution in [2.75, 3.05) is 16.6 Å². The van der Waals surface area contributed by atoms with Gasteiger partial charge in [-0.25, -0.2) is 0 Å². The van der Waals surface area contributed by atoms with Gasteiger partial charge in [0.05, 0.1) is 10.6 Å². The molecule has 0 aliphatic heterocycles. The second-order valence-electron chi connectivity index (χ2n) is 5.33. The molecule has 0 aromatic heterocycles. The maximum atomic E-state index is 11.2. The standard InChI is InChI=1S/C16H17N3O2S/c20-19(21)16-10-13(18-22-14-4-2-1-3-5-14)8-9-15(16)17-11-12-6-7-12/h1-5,8-10,12,17-18H,6-7,11H2. The number of nitro benzene ring substituents is 1. The molecule has 1 aliphatic rings. The summed E-state index contributed by atoms with van der Waals surface area (Å²) in [5.41, 5.74) is 1.42. The quantitative estimate of drug-likeness (QED) is 0.446. The number of hydrogen-bond donors (Lipinski definition) is 2. The van der Waals surface area contributed by atoms with Gasteiger partial charge in [-0.05, 0) is 55.0 Å². The molecule has 3 rings (SSSR count). The first-order valence-corrected chi connectivity index (χ1v) is 8.04. The third-order valence-corrected chi connectivity index (χ3v) is 4.35. The summed E-state index contributed by atoms with van der Waals surface area (Å²) in [6.07, 6.45) is 2.43. The molecular formula is C16H17N3O2S. The predicted molar refractivity (Wildman–Crippen MR) is 90.2 cm³/mol. The number of rotatable bonds is 7. The largest absolute Gasteiger partial charge is 0.379 e. The highest BCUT2D eigenvalue weighted by Gasteiger charge is 2.22. The second-order valence-corrected chi connectivity index (χ2v) is 6.21. The van der Waals surface area contributed by atoms with Crippen molar-refractivity contribution < 1.29 is 4.92 Å². The summed E-state index contributed by atoms with van der Waals surface area (Å²) in [5.74, 6) is 0.672. The lowest BCUT2D eigenvalue weighted by molar-refractivity contribution is -0.383. The van der Waals surface area contributed by atoms with E-state index < -0.39 is 0 Å². The van der Waals surface area contributed by atoms with Gasteiger partial charge in [0.15, 0.2) is 0 Å². The van der Waals surface area contributed by atoms with Crippen LogP contribution in [0.25, 0.3) is 0 Å². The van der Waals surface area contributed by atoms with E-state index in [2.05, 4.69) is 10.0 Å². The molecule has 0 atom stereocenters. The van der Waals surface area contributed by atoms with Crippen LogP contribution >= 0.6 is 11.9 Å². The minimum atomic E-state index is -0.340. The van der Waals surface area contributed by atoms with Crippen LogP contribution in [0, 0.1) is 16.0 Å². The fraction of sp³-hybridized carbons (Fsp3) is 0.250. The Bertz CT molecular complexity index is 660. The van der Waals surface area contributed by atoms with Crippen LogP contribution < -0.4 is 10.0 Å². The number of nitro groups is 1. The molecule has 22 heavy (non-hydrogen) atoms. The van der Waals surface area contributed by atoms with E-state index in [0.717, 1.165) is 17.1 Å². The summed E-state index contributed by atoms with van der Waals surface area (Å²) in [6.45, 7) is 0.812. The topological polar surface area (TPSA) is 67.2 Å². The number of hydrogen-bond acceptors (Lipinski definition) is 5. The van der Waals surface area contributed by atoms with E-state index in [1.165, 1.54) is 24.8 Å². The molecule has 0 heterocycles. The van der Waals surface area contributed by atoms with Crippen molar-refractivity contribution >= 4 is 29.0 Å². The van der Waals surface area contributed by atoms with Gasteiger partial charge >= 0.3 is 0 Å². The zero-order chi connectivity index (χ0) is 15.4. The van der Waals surface area contributed by atoms with Gasteiger partial charge in [-0.15, -0.1) is 0 Å². The van der Waals surface area contributed by atoms with E-state index in [4.69, 9.17) is 0 Å². The lowest BCUT2D eigenvalue weighted by Crippen LogP contribution is -2.06. The smallest absolute Gasteiger partial charge is 0.294 e. The number of nitrogens with one attached hydrogen (secondary N) is 2. The zero-order valence-corrected chi connectivity index (χ0v) is 12.8. The lowest BCUT2D eigenvalue weighted by Gasteiger charge is -2.09. The molecule has 0 amide bonds. The molecule has 2 aromatic rings. The maximum absolute atomic E-state index is 11.2. The van der Waals surface area contributed by atoms with Gasteiger partial charge in [0.1, 0.15) is 5.69 Å². The fourth-order valence-electron chi connectivity index (χ4n) is 2.08. The highest BCUT2D eigenvalue weighted by atomic mass is 32.2. The van der Waals surface area contributed by atoms with Crippen molar-refractivity contribution in [2.24, 2.45) is 5.92 Å². The molecule has 2 N–H and O–H groups in total. The normalized spacial score (nSPS) is 13.6. The first-order valence-electron chi connectivity index (χ1n) is 7.22. The summed E-state index contributed by atoms with van der Waals surface area (Å²) in [4.78, 5) is 12.0. The molecule has 0 unspecified atom stereocenters. The van der Waals surface area contributed by atoms with Gasteiger partial charge in [-0.3, -0.25) is 10.1 Å². The molecule has 1 saturated carbocycles. The van der Waals surface area contributed by atoms with Crippen molar-refractivity contribution in [1.29, 1.82) is 0 Å². The minimum Gasteiger partial charge on any atom is -0.379 e. The van der Waals surface area contributed by atoms with Crippen LogP contribution in [0.5, 0.6) is 0 Å². The van der Waals surface area contributed by atoms with E-state index in [1.54, 1.807) is 12.1 Å². The van der Waals surface area contributed by atoms with Crippen molar-refractivity contribution in [2.45, 2.75) is 17.7 Å². The van der Waals surface area contributed by atoms with Gasteiger partial charge in [0.25, 0.3) is 5.69 Å². The average Bonchev–Trinajstić information content (AvgIpc) is 3.36. The number of anilines is 2. The van der Waals surface area contributed by atoms with Crippen molar-refractivity contribution in [3.63, 3.8) is 0 Å². The maximum Gasteiger partial charge on any atom is 0.294 e. The monoisotopic (exact) mass is 315 g/mol. The summed E-state index contributed by atoms with van der Waals surface area (Å²) in [6, 6.07) is 15.0. The van der Waals surface area contributed by atoms with Gasteiger partial charge in [-0.2, -0.15) is 0 Å². The highest BCUT2D eigenvalue weighted by Crippen LogP contribution is 2.33. The molecule has 2 aromatic carbocycles. The Morgan fingerprint density at radius 1 is 1.18 bits per heavy atom. The Morgan fingerprint density at radius 2 is 1.95 bits per heavy atom. The van der Waals surface area contributed by atoms with Crippen LogP contribution in [0.2, 0.25) is 0 Å². The predicted octanol–water partition coefficient (Wildman–Crippen LogP) is 4.54. The van der Waals surface area contributed by atoms with E-state index in [0.29, 0.717) is 11.6 Å². The van der Waals surface area contributed by atoms with Gasteiger partial charge < -0.3 is 10.0 Å². The van der Waals surface area contributed by atoms with E-state index in [-0.39, 0.29) is 10.6 Å². The number of benzene rings is 2. The van der Waals surface area contributed by atoms with E-state index in [9.17, 15) is 10.1 Å². The first kappa shape index (κ1) is 14.7. The Hall–Kier alpha value is -2.21. The molecule has 5 nitrogen and oxygen atoms in total. The Kier molecular flexibility index (Phi) is 4.48. The molecule has 1 fully saturated rings. The molecule has 0 spiro atoms. The Labute approximate surface area is 133 Å². The minimum absolute atomic E-state index is 0.110. The molecule has 1 aliphatic carbocycles.